The highest BCUT2D eigenvalue weighted by molar-refractivity contribution is 6.35. The molecular formula is C9H6Cl2FN5O. The first-order valence-corrected chi connectivity index (χ1v) is 5.36. The Kier molecular flexibility index (Phi) is 3.35. The molecule has 1 heterocycles. The molecule has 0 aliphatic rings. The summed E-state index contributed by atoms with van der Waals surface area (Å²) in [6.07, 6.45) is 0. The van der Waals surface area contributed by atoms with E-state index in [2.05, 4.69) is 20.5 Å². The first-order chi connectivity index (χ1) is 8.47. The van der Waals surface area contributed by atoms with Crippen molar-refractivity contribution in [3.63, 3.8) is 0 Å². The standard InChI is InChI=1S/C9H6Cl2FN5O/c10-4-1-3(2-5(11)6(4)12)14-8(18)7-15-9(13)17-16-7/h1-2H,(H,14,18)(H3,13,15,16,17). The summed E-state index contributed by atoms with van der Waals surface area (Å²) in [5.41, 5.74) is 5.48. The number of aromatic amines is 1. The van der Waals surface area contributed by atoms with Crippen molar-refractivity contribution < 1.29 is 9.18 Å². The van der Waals surface area contributed by atoms with Crippen molar-refractivity contribution in [3.8, 4) is 0 Å². The van der Waals surface area contributed by atoms with Crippen molar-refractivity contribution in [3.05, 3.63) is 33.8 Å². The van der Waals surface area contributed by atoms with E-state index in [0.717, 1.165) is 0 Å². The SMILES string of the molecule is Nc1n[nH]c(C(=O)Nc2cc(Cl)c(F)c(Cl)c2)n1. The lowest BCUT2D eigenvalue weighted by Crippen LogP contribution is -2.14. The van der Waals surface area contributed by atoms with Gasteiger partial charge in [0.25, 0.3) is 5.91 Å². The normalized spacial score (nSPS) is 10.4. The smallest absolute Gasteiger partial charge is 0.293 e. The lowest BCUT2D eigenvalue weighted by atomic mass is 10.3. The molecule has 1 amide bonds. The molecule has 94 valence electrons. The summed E-state index contributed by atoms with van der Waals surface area (Å²) < 4.78 is 13.2. The number of hydrogen-bond acceptors (Lipinski definition) is 4. The summed E-state index contributed by atoms with van der Waals surface area (Å²) in [4.78, 5) is 15.3. The van der Waals surface area contributed by atoms with Crippen molar-refractivity contribution in [1.82, 2.24) is 15.2 Å². The maximum Gasteiger partial charge on any atom is 0.293 e. The van der Waals surface area contributed by atoms with Crippen LogP contribution in [0, 0.1) is 5.82 Å². The molecule has 1 aromatic heterocycles. The Bertz CT molecular complexity index is 592. The van der Waals surface area contributed by atoms with Gasteiger partial charge in [0, 0.05) is 5.69 Å². The number of carbonyl (C=O) groups is 1. The maximum absolute atomic E-state index is 13.2. The summed E-state index contributed by atoms with van der Waals surface area (Å²) in [5.74, 6) is -1.49. The van der Waals surface area contributed by atoms with Crippen LogP contribution in [-0.2, 0) is 0 Å². The monoisotopic (exact) mass is 289 g/mol. The lowest BCUT2D eigenvalue weighted by molar-refractivity contribution is 0.101. The molecule has 0 unspecified atom stereocenters. The maximum atomic E-state index is 13.2. The van der Waals surface area contributed by atoms with E-state index in [4.69, 9.17) is 28.9 Å². The minimum absolute atomic E-state index is 0.0599. The summed E-state index contributed by atoms with van der Waals surface area (Å²) >= 11 is 11.2. The highest BCUT2D eigenvalue weighted by Gasteiger charge is 2.13. The largest absolute Gasteiger partial charge is 0.366 e. The van der Waals surface area contributed by atoms with Crippen LogP contribution in [0.15, 0.2) is 12.1 Å². The Morgan fingerprint density at radius 2 is 2.00 bits per heavy atom. The number of anilines is 2. The van der Waals surface area contributed by atoms with Crippen LogP contribution < -0.4 is 11.1 Å². The second kappa shape index (κ2) is 4.79. The Labute approximate surface area is 110 Å². The summed E-state index contributed by atoms with van der Waals surface area (Å²) in [5, 5.41) is 7.84. The summed E-state index contributed by atoms with van der Waals surface area (Å²) in [7, 11) is 0. The third-order valence-corrected chi connectivity index (χ3v) is 2.51. The molecule has 1 aromatic carbocycles. The Hall–Kier alpha value is -1.86. The van der Waals surface area contributed by atoms with E-state index in [9.17, 15) is 9.18 Å². The van der Waals surface area contributed by atoms with Crippen LogP contribution in [0.4, 0.5) is 16.0 Å². The molecule has 0 saturated heterocycles. The molecule has 0 saturated carbocycles. The molecule has 0 radical (unpaired) electrons. The van der Waals surface area contributed by atoms with Gasteiger partial charge < -0.3 is 11.1 Å². The number of nitrogens with one attached hydrogen (secondary N) is 2. The zero-order valence-electron chi connectivity index (χ0n) is 8.67. The molecule has 0 bridgehead atoms. The average molecular weight is 290 g/mol. The van der Waals surface area contributed by atoms with Crippen LogP contribution in [0.5, 0.6) is 0 Å². The average Bonchev–Trinajstić information content (AvgIpc) is 2.72. The second-order valence-electron chi connectivity index (χ2n) is 3.25. The van der Waals surface area contributed by atoms with E-state index in [0.29, 0.717) is 0 Å². The van der Waals surface area contributed by atoms with Gasteiger partial charge in [0.2, 0.25) is 11.8 Å². The molecule has 0 fully saturated rings. The van der Waals surface area contributed by atoms with E-state index in [1.54, 1.807) is 0 Å². The van der Waals surface area contributed by atoms with Gasteiger partial charge in [-0.15, -0.1) is 5.10 Å². The minimum atomic E-state index is -0.750. The van der Waals surface area contributed by atoms with Crippen LogP contribution in [0.25, 0.3) is 0 Å². The zero-order chi connectivity index (χ0) is 13.3. The molecule has 0 aliphatic heterocycles. The van der Waals surface area contributed by atoms with Crippen molar-refractivity contribution in [1.29, 1.82) is 0 Å². The van der Waals surface area contributed by atoms with Crippen molar-refractivity contribution in [2.75, 3.05) is 11.1 Å². The van der Waals surface area contributed by atoms with Crippen molar-refractivity contribution in [2.45, 2.75) is 0 Å². The highest BCUT2D eigenvalue weighted by atomic mass is 35.5. The van der Waals surface area contributed by atoms with Crippen LogP contribution >= 0.6 is 23.2 Å². The van der Waals surface area contributed by atoms with Gasteiger partial charge in [0.05, 0.1) is 10.0 Å². The third-order valence-electron chi connectivity index (χ3n) is 1.96. The van der Waals surface area contributed by atoms with Crippen LogP contribution in [-0.4, -0.2) is 21.1 Å². The lowest BCUT2D eigenvalue weighted by Gasteiger charge is -2.05. The second-order valence-corrected chi connectivity index (χ2v) is 4.06. The molecule has 0 spiro atoms. The number of nitrogens with two attached hydrogens (primary N) is 1. The van der Waals surface area contributed by atoms with Crippen LogP contribution in [0.1, 0.15) is 10.6 Å². The van der Waals surface area contributed by atoms with E-state index >= 15 is 0 Å². The highest BCUT2D eigenvalue weighted by Crippen LogP contribution is 2.27. The van der Waals surface area contributed by atoms with E-state index in [1.165, 1.54) is 12.1 Å². The molecule has 2 rings (SSSR count). The Morgan fingerprint density at radius 1 is 1.39 bits per heavy atom. The van der Waals surface area contributed by atoms with Crippen LogP contribution in [0.2, 0.25) is 10.0 Å². The quantitative estimate of drug-likeness (QED) is 0.738. The van der Waals surface area contributed by atoms with Gasteiger partial charge in [0.1, 0.15) is 0 Å². The first kappa shape index (κ1) is 12.6. The minimum Gasteiger partial charge on any atom is -0.366 e. The van der Waals surface area contributed by atoms with Gasteiger partial charge in [-0.25, -0.2) is 4.39 Å². The zero-order valence-corrected chi connectivity index (χ0v) is 10.2. The number of amides is 1. The topological polar surface area (TPSA) is 96.7 Å². The number of benzene rings is 1. The number of hydrogen-bond donors (Lipinski definition) is 3. The fourth-order valence-electron chi connectivity index (χ4n) is 1.19. The number of nitrogen functional groups attached to an aromatic ring is 1. The van der Waals surface area contributed by atoms with E-state index in [-0.39, 0.29) is 27.5 Å². The number of H-pyrrole nitrogens is 1. The molecule has 0 atom stereocenters. The molecule has 9 heteroatoms. The van der Waals surface area contributed by atoms with Crippen molar-refractivity contribution >= 4 is 40.7 Å². The molecule has 2 aromatic rings. The Morgan fingerprint density at radius 3 is 2.50 bits per heavy atom. The summed E-state index contributed by atoms with van der Waals surface area (Å²) in [6.45, 7) is 0. The van der Waals surface area contributed by atoms with Gasteiger partial charge in [-0.1, -0.05) is 23.2 Å². The number of rotatable bonds is 2. The molecule has 4 N–H and O–H groups in total. The number of halogens is 3. The van der Waals surface area contributed by atoms with Crippen LogP contribution in [0.3, 0.4) is 0 Å². The molecule has 18 heavy (non-hydrogen) atoms. The van der Waals surface area contributed by atoms with Gasteiger partial charge in [-0.05, 0) is 12.1 Å². The first-order valence-electron chi connectivity index (χ1n) is 4.61. The molecule has 0 aliphatic carbocycles. The van der Waals surface area contributed by atoms with E-state index < -0.39 is 11.7 Å². The van der Waals surface area contributed by atoms with E-state index in [1.807, 2.05) is 0 Å². The fourth-order valence-corrected chi connectivity index (χ4v) is 1.68. The third kappa shape index (κ3) is 2.52. The predicted octanol–water partition coefficient (Wildman–Crippen LogP) is 2.09. The van der Waals surface area contributed by atoms with Gasteiger partial charge >= 0.3 is 0 Å². The van der Waals surface area contributed by atoms with Gasteiger partial charge in [-0.2, -0.15) is 4.98 Å². The molecule has 6 nitrogen and oxygen atoms in total. The molecular weight excluding hydrogens is 284 g/mol. The number of aromatic nitrogens is 3. The fraction of sp³-hybridized carbons (Fsp3) is 0. The van der Waals surface area contributed by atoms with Gasteiger partial charge in [-0.3, -0.25) is 9.89 Å². The summed E-state index contributed by atoms with van der Waals surface area (Å²) in [6, 6.07) is 2.45. The van der Waals surface area contributed by atoms with Crippen molar-refractivity contribution in [2.24, 2.45) is 0 Å². The number of nitrogens with zero attached hydrogens (tertiary/aromatic N) is 2. The Balaban J connectivity index is 2.22. The predicted molar refractivity (Wildman–Crippen MR) is 65.2 cm³/mol. The van der Waals surface area contributed by atoms with Gasteiger partial charge in [0.15, 0.2) is 5.82 Å². The number of carbonyl (C=O) groups excluding carboxylic acids is 1.